The van der Waals surface area contributed by atoms with Crippen LogP contribution < -0.4 is 4.72 Å². The first kappa shape index (κ1) is 27.5. The molecule has 208 valence electrons. The van der Waals surface area contributed by atoms with Gasteiger partial charge in [0.1, 0.15) is 0 Å². The number of benzene rings is 1. The van der Waals surface area contributed by atoms with Gasteiger partial charge in [-0.25, -0.2) is 13.4 Å². The standard InChI is InChI=1S/C27H37N3O6S2/c1-17-4-6-18(7-5-17)38(34,35)29-25-28-24-19(14-23(33)30-10-12-36-13-11-30)26(2)9-8-22(32)27(3,16-31)21(26)15-20(24)37-25/h4-7,19,21-22,31-32H,8-16H2,1-3H3,(H,28,29)/t19-,21+,22-,26+,27+/m1/s1. The monoisotopic (exact) mass is 563 g/mol. The highest BCUT2D eigenvalue weighted by atomic mass is 32.2. The summed E-state index contributed by atoms with van der Waals surface area (Å²) in [5.41, 5.74) is 0.587. The quantitative estimate of drug-likeness (QED) is 0.493. The number of nitrogens with zero attached hydrogens (tertiary/aromatic N) is 2. The Morgan fingerprint density at radius 1 is 1.24 bits per heavy atom. The van der Waals surface area contributed by atoms with Gasteiger partial charge in [0.2, 0.25) is 5.91 Å². The Labute approximate surface area is 228 Å². The third-order valence-electron chi connectivity index (χ3n) is 9.19. The minimum Gasteiger partial charge on any atom is -0.396 e. The summed E-state index contributed by atoms with van der Waals surface area (Å²) in [6.45, 7) is 7.92. The van der Waals surface area contributed by atoms with Gasteiger partial charge < -0.3 is 19.8 Å². The fourth-order valence-corrected chi connectivity index (χ4v) is 9.00. The Kier molecular flexibility index (Phi) is 7.36. The van der Waals surface area contributed by atoms with Crippen LogP contribution in [0, 0.1) is 23.7 Å². The molecule has 1 aromatic heterocycles. The summed E-state index contributed by atoms with van der Waals surface area (Å²) in [5.74, 6) is -0.336. The smallest absolute Gasteiger partial charge is 0.263 e. The van der Waals surface area contributed by atoms with Crippen molar-refractivity contribution in [1.82, 2.24) is 9.88 Å². The second kappa shape index (κ2) is 10.2. The molecule has 2 fully saturated rings. The van der Waals surface area contributed by atoms with E-state index in [4.69, 9.17) is 9.72 Å². The molecule has 3 N–H and O–H groups in total. The molecule has 5 atom stereocenters. The lowest BCUT2D eigenvalue weighted by molar-refractivity contribution is -0.149. The lowest BCUT2D eigenvalue weighted by Gasteiger charge is -2.58. The van der Waals surface area contributed by atoms with Crippen molar-refractivity contribution in [3.8, 4) is 0 Å². The summed E-state index contributed by atoms with van der Waals surface area (Å²) >= 11 is 1.28. The Morgan fingerprint density at radius 3 is 2.58 bits per heavy atom. The number of hydrogen-bond donors (Lipinski definition) is 3. The number of ether oxygens (including phenoxy) is 1. The van der Waals surface area contributed by atoms with Crippen LogP contribution in [0.25, 0.3) is 0 Å². The zero-order valence-electron chi connectivity index (χ0n) is 22.1. The summed E-state index contributed by atoms with van der Waals surface area (Å²) in [6.07, 6.45) is 1.36. The number of carbonyl (C=O) groups is 1. The number of aliphatic hydroxyl groups excluding tert-OH is 2. The Bertz CT molecular complexity index is 1290. The second-order valence-electron chi connectivity index (χ2n) is 11.5. The molecular formula is C27H37N3O6S2. The van der Waals surface area contributed by atoms with Crippen molar-refractivity contribution in [1.29, 1.82) is 0 Å². The Morgan fingerprint density at radius 2 is 1.92 bits per heavy atom. The van der Waals surface area contributed by atoms with Crippen molar-refractivity contribution < 1.29 is 28.2 Å². The lowest BCUT2D eigenvalue weighted by atomic mass is 9.47. The first-order chi connectivity index (χ1) is 18.0. The van der Waals surface area contributed by atoms with E-state index in [-0.39, 0.29) is 40.8 Å². The van der Waals surface area contributed by atoms with Crippen molar-refractivity contribution in [3.05, 3.63) is 40.4 Å². The number of aliphatic hydroxyl groups is 2. The largest absolute Gasteiger partial charge is 0.396 e. The summed E-state index contributed by atoms with van der Waals surface area (Å²) in [7, 11) is -3.84. The van der Waals surface area contributed by atoms with E-state index in [0.29, 0.717) is 45.6 Å². The van der Waals surface area contributed by atoms with Gasteiger partial charge in [-0.2, -0.15) is 0 Å². The van der Waals surface area contributed by atoms with Gasteiger partial charge in [0, 0.05) is 35.7 Å². The van der Waals surface area contributed by atoms with Gasteiger partial charge in [0.05, 0.1) is 36.5 Å². The van der Waals surface area contributed by atoms with Crippen LogP contribution >= 0.6 is 11.3 Å². The van der Waals surface area contributed by atoms with Crippen LogP contribution in [0.4, 0.5) is 5.13 Å². The maximum absolute atomic E-state index is 13.5. The first-order valence-electron chi connectivity index (χ1n) is 13.2. The fourth-order valence-electron chi connectivity index (χ4n) is 6.70. The van der Waals surface area contributed by atoms with Gasteiger partial charge in [0.25, 0.3) is 10.0 Å². The minimum atomic E-state index is -3.84. The number of nitrogens with one attached hydrogen (secondary N) is 1. The van der Waals surface area contributed by atoms with E-state index >= 15 is 0 Å². The number of thiazole rings is 1. The van der Waals surface area contributed by atoms with Gasteiger partial charge in [-0.05, 0) is 49.7 Å². The number of hydrogen-bond acceptors (Lipinski definition) is 8. The summed E-state index contributed by atoms with van der Waals surface area (Å²) in [5, 5.41) is 21.7. The third-order valence-corrected chi connectivity index (χ3v) is 11.7. The number of amides is 1. The molecule has 1 aromatic carbocycles. The molecule has 1 amide bonds. The molecule has 1 aliphatic heterocycles. The predicted octanol–water partition coefficient (Wildman–Crippen LogP) is 2.92. The van der Waals surface area contributed by atoms with Gasteiger partial charge in [-0.3, -0.25) is 9.52 Å². The van der Waals surface area contributed by atoms with Crippen LogP contribution in [0.2, 0.25) is 0 Å². The summed E-state index contributed by atoms with van der Waals surface area (Å²) in [4.78, 5) is 21.2. The average Bonchev–Trinajstić information content (AvgIpc) is 3.29. The Balaban J connectivity index is 1.52. The zero-order chi connectivity index (χ0) is 27.3. The number of aromatic nitrogens is 1. The molecule has 9 nitrogen and oxygen atoms in total. The highest BCUT2D eigenvalue weighted by Gasteiger charge is 2.59. The van der Waals surface area contributed by atoms with Gasteiger partial charge in [0.15, 0.2) is 5.13 Å². The van der Waals surface area contributed by atoms with Gasteiger partial charge in [-0.1, -0.05) is 31.5 Å². The van der Waals surface area contributed by atoms with Gasteiger partial charge in [-0.15, -0.1) is 11.3 Å². The molecule has 5 rings (SSSR count). The van der Waals surface area contributed by atoms with E-state index in [1.807, 2.05) is 18.7 Å². The Hall–Kier alpha value is -2.05. The maximum atomic E-state index is 13.5. The molecule has 38 heavy (non-hydrogen) atoms. The number of anilines is 1. The van der Waals surface area contributed by atoms with E-state index in [9.17, 15) is 23.4 Å². The molecule has 2 heterocycles. The molecular weight excluding hydrogens is 526 g/mol. The third kappa shape index (κ3) is 4.77. The molecule has 0 radical (unpaired) electrons. The molecule has 3 aliphatic rings. The SMILES string of the molecule is Cc1ccc(S(=O)(=O)Nc2nc3c(s2)C[C@@H]2[C@](C)(CO)[C@H](O)CC[C@@]2(C)[C@@H]3CC(=O)N2CCOCC2)cc1. The van der Waals surface area contributed by atoms with Crippen LogP contribution in [-0.2, 0) is 26.0 Å². The maximum Gasteiger partial charge on any atom is 0.263 e. The lowest BCUT2D eigenvalue weighted by Crippen LogP contribution is -2.58. The number of sulfonamides is 1. The van der Waals surface area contributed by atoms with E-state index in [1.54, 1.807) is 24.3 Å². The number of fused-ring (bicyclic) bond motifs is 2. The highest BCUT2D eigenvalue weighted by molar-refractivity contribution is 7.93. The number of carbonyl (C=O) groups excluding carboxylic acids is 1. The molecule has 2 aliphatic carbocycles. The number of morpholine rings is 1. The van der Waals surface area contributed by atoms with E-state index in [2.05, 4.69) is 11.6 Å². The van der Waals surface area contributed by atoms with Crippen molar-refractivity contribution in [3.63, 3.8) is 0 Å². The minimum absolute atomic E-state index is 0.0257. The predicted molar refractivity (Wildman–Crippen MR) is 145 cm³/mol. The number of aryl methyl sites for hydroxylation is 1. The second-order valence-corrected chi connectivity index (χ2v) is 14.2. The van der Waals surface area contributed by atoms with E-state index in [1.165, 1.54) is 11.3 Å². The summed E-state index contributed by atoms with van der Waals surface area (Å²) < 4.78 is 34.3. The first-order valence-corrected chi connectivity index (χ1v) is 15.5. The molecule has 11 heteroatoms. The molecule has 1 saturated heterocycles. The summed E-state index contributed by atoms with van der Waals surface area (Å²) in [6, 6.07) is 6.64. The van der Waals surface area contributed by atoms with Gasteiger partial charge >= 0.3 is 0 Å². The molecule has 1 saturated carbocycles. The molecule has 0 spiro atoms. The fraction of sp³-hybridized carbons (Fsp3) is 0.630. The average molecular weight is 564 g/mol. The topological polar surface area (TPSA) is 129 Å². The van der Waals surface area contributed by atoms with Crippen LogP contribution in [0.15, 0.2) is 29.2 Å². The number of rotatable bonds is 6. The van der Waals surface area contributed by atoms with Crippen LogP contribution in [-0.4, -0.2) is 73.4 Å². The van der Waals surface area contributed by atoms with E-state index in [0.717, 1.165) is 16.1 Å². The van der Waals surface area contributed by atoms with Crippen LogP contribution in [0.3, 0.4) is 0 Å². The molecule has 0 unspecified atom stereocenters. The molecule has 0 bridgehead atoms. The van der Waals surface area contributed by atoms with Crippen molar-refractivity contribution in [2.45, 2.75) is 63.4 Å². The van der Waals surface area contributed by atoms with Crippen LogP contribution in [0.1, 0.15) is 55.2 Å². The van der Waals surface area contributed by atoms with Crippen molar-refractivity contribution >= 4 is 32.4 Å². The van der Waals surface area contributed by atoms with E-state index < -0.39 is 27.0 Å². The molecule has 2 aromatic rings. The highest BCUT2D eigenvalue weighted by Crippen LogP contribution is 2.63. The normalized spacial score (nSPS) is 31.4. The van der Waals surface area contributed by atoms with Crippen molar-refractivity contribution in [2.24, 2.45) is 16.7 Å². The zero-order valence-corrected chi connectivity index (χ0v) is 23.8. The van der Waals surface area contributed by atoms with Crippen molar-refractivity contribution in [2.75, 3.05) is 37.6 Å². The van der Waals surface area contributed by atoms with Crippen LogP contribution in [0.5, 0.6) is 0 Å².